The van der Waals surface area contributed by atoms with Crippen LogP contribution in [-0.4, -0.2) is 53.9 Å². The van der Waals surface area contributed by atoms with E-state index in [-0.39, 0.29) is 10.6 Å². The molecule has 0 heterocycles. The van der Waals surface area contributed by atoms with Crippen molar-refractivity contribution in [3.63, 3.8) is 0 Å². The first kappa shape index (κ1) is 22.3. The van der Waals surface area contributed by atoms with E-state index in [1.54, 1.807) is 24.3 Å². The van der Waals surface area contributed by atoms with Gasteiger partial charge in [0.05, 0.1) is 16.8 Å². The third-order valence-corrected chi connectivity index (χ3v) is 7.22. The zero-order valence-corrected chi connectivity index (χ0v) is 18.7. The lowest BCUT2D eigenvalue weighted by molar-refractivity contribution is -0.114. The minimum Gasteiger partial charge on any atom is -0.325 e. The van der Waals surface area contributed by atoms with E-state index in [0.29, 0.717) is 5.69 Å². The van der Waals surface area contributed by atoms with Gasteiger partial charge in [-0.15, -0.1) is 0 Å². The number of nitrogens with zero attached hydrogens (tertiary/aromatic N) is 2. The minimum absolute atomic E-state index is 0.0222. The van der Waals surface area contributed by atoms with Gasteiger partial charge in [0.15, 0.2) is 0 Å². The van der Waals surface area contributed by atoms with Gasteiger partial charge in [-0.2, -0.15) is 0 Å². The third kappa shape index (κ3) is 5.53. The van der Waals surface area contributed by atoms with Gasteiger partial charge < -0.3 is 5.32 Å². The lowest BCUT2D eigenvalue weighted by atomic mass is 10.3. The molecular weight excluding hydrogens is 470 g/mol. The standard InChI is InChI=1S/C17H20BrN3O5S2/c1-20(2)28(25,26)16-10-8-15(9-11-16)21(27(3,23)24)12-17(22)19-14-6-4-13(18)5-7-14/h4-11H,12H2,1-3H3,(H,19,22). The lowest BCUT2D eigenvalue weighted by Gasteiger charge is -2.22. The summed E-state index contributed by atoms with van der Waals surface area (Å²) in [7, 11) is -4.61. The van der Waals surface area contributed by atoms with Gasteiger partial charge in [0.2, 0.25) is 26.0 Å². The predicted molar refractivity (Wildman–Crippen MR) is 112 cm³/mol. The zero-order valence-electron chi connectivity index (χ0n) is 15.5. The number of anilines is 2. The lowest BCUT2D eigenvalue weighted by Crippen LogP contribution is -2.37. The van der Waals surface area contributed by atoms with E-state index in [0.717, 1.165) is 19.3 Å². The Labute approximate surface area is 173 Å². The second kappa shape index (κ2) is 8.60. The SMILES string of the molecule is CN(C)S(=O)(=O)c1ccc(N(CC(=O)Nc2ccc(Br)cc2)S(C)(=O)=O)cc1. The van der Waals surface area contributed by atoms with Crippen LogP contribution in [-0.2, 0) is 24.8 Å². The first-order valence-corrected chi connectivity index (χ1v) is 12.0. The van der Waals surface area contributed by atoms with Crippen molar-refractivity contribution in [3.8, 4) is 0 Å². The highest BCUT2D eigenvalue weighted by molar-refractivity contribution is 9.10. The Morgan fingerprint density at radius 3 is 1.96 bits per heavy atom. The first-order chi connectivity index (χ1) is 12.9. The van der Waals surface area contributed by atoms with Gasteiger partial charge in [-0.05, 0) is 48.5 Å². The topological polar surface area (TPSA) is 104 Å². The van der Waals surface area contributed by atoms with Gasteiger partial charge in [-0.1, -0.05) is 15.9 Å². The summed E-state index contributed by atoms with van der Waals surface area (Å²) in [5.41, 5.74) is 0.709. The molecule has 0 aromatic heterocycles. The van der Waals surface area contributed by atoms with Crippen molar-refractivity contribution < 1.29 is 21.6 Å². The number of sulfonamides is 2. The quantitative estimate of drug-likeness (QED) is 0.641. The number of benzene rings is 2. The Morgan fingerprint density at radius 2 is 1.50 bits per heavy atom. The highest BCUT2D eigenvalue weighted by Crippen LogP contribution is 2.22. The van der Waals surface area contributed by atoms with Crippen LogP contribution in [0.25, 0.3) is 0 Å². The molecule has 0 spiro atoms. The van der Waals surface area contributed by atoms with Gasteiger partial charge in [0, 0.05) is 24.3 Å². The van der Waals surface area contributed by atoms with Crippen molar-refractivity contribution in [2.45, 2.75) is 4.90 Å². The number of carbonyl (C=O) groups excluding carboxylic acids is 1. The molecule has 152 valence electrons. The highest BCUT2D eigenvalue weighted by atomic mass is 79.9. The second-order valence-electron chi connectivity index (χ2n) is 6.11. The maximum absolute atomic E-state index is 12.3. The second-order valence-corrected chi connectivity index (χ2v) is 11.1. The number of amides is 1. The summed E-state index contributed by atoms with van der Waals surface area (Å²) in [4.78, 5) is 12.3. The molecule has 2 rings (SSSR count). The maximum atomic E-state index is 12.3. The number of carbonyl (C=O) groups is 1. The number of halogens is 1. The summed E-state index contributed by atoms with van der Waals surface area (Å²) in [6.07, 6.45) is 0.977. The highest BCUT2D eigenvalue weighted by Gasteiger charge is 2.23. The van der Waals surface area contributed by atoms with Crippen molar-refractivity contribution in [3.05, 3.63) is 53.0 Å². The van der Waals surface area contributed by atoms with Crippen LogP contribution in [0.3, 0.4) is 0 Å². The van der Waals surface area contributed by atoms with Gasteiger partial charge in [-0.25, -0.2) is 21.1 Å². The summed E-state index contributed by atoms with van der Waals surface area (Å²) in [5, 5.41) is 2.62. The molecule has 8 nitrogen and oxygen atoms in total. The van der Waals surface area contributed by atoms with Crippen LogP contribution in [0.1, 0.15) is 0 Å². The molecule has 28 heavy (non-hydrogen) atoms. The van der Waals surface area contributed by atoms with Gasteiger partial charge in [0.25, 0.3) is 0 Å². The van der Waals surface area contributed by atoms with Crippen molar-refractivity contribution in [1.82, 2.24) is 4.31 Å². The molecule has 0 bridgehead atoms. The van der Waals surface area contributed by atoms with Crippen molar-refractivity contribution in [1.29, 1.82) is 0 Å². The zero-order chi connectivity index (χ0) is 21.1. The summed E-state index contributed by atoms with van der Waals surface area (Å²) in [6.45, 7) is -0.450. The van der Waals surface area contributed by atoms with Crippen molar-refractivity contribution in [2.75, 3.05) is 36.5 Å². The average Bonchev–Trinajstić information content (AvgIpc) is 2.61. The van der Waals surface area contributed by atoms with Crippen LogP contribution in [0.5, 0.6) is 0 Å². The van der Waals surface area contributed by atoms with E-state index in [1.807, 2.05) is 0 Å². The molecule has 0 saturated heterocycles. The Morgan fingerprint density at radius 1 is 0.964 bits per heavy atom. The van der Waals surface area contributed by atoms with E-state index < -0.39 is 32.5 Å². The third-order valence-electron chi connectivity index (χ3n) is 3.72. The van der Waals surface area contributed by atoms with Gasteiger partial charge >= 0.3 is 0 Å². The fourth-order valence-corrected chi connectivity index (χ4v) is 4.28. The molecule has 1 amide bonds. The molecule has 11 heteroatoms. The van der Waals surface area contributed by atoms with Crippen LogP contribution >= 0.6 is 15.9 Å². The van der Waals surface area contributed by atoms with E-state index >= 15 is 0 Å². The fourth-order valence-electron chi connectivity index (χ4n) is 2.26. The van der Waals surface area contributed by atoms with E-state index in [1.165, 1.54) is 38.4 Å². The normalized spacial score (nSPS) is 12.0. The summed E-state index contributed by atoms with van der Waals surface area (Å²) in [6, 6.07) is 12.1. The van der Waals surface area contributed by atoms with Gasteiger partial charge in [0.1, 0.15) is 6.54 Å². The van der Waals surface area contributed by atoms with Crippen LogP contribution in [0.15, 0.2) is 57.9 Å². The van der Waals surface area contributed by atoms with E-state index in [4.69, 9.17) is 0 Å². The van der Waals surface area contributed by atoms with E-state index in [9.17, 15) is 21.6 Å². The average molecular weight is 490 g/mol. The molecule has 2 aromatic carbocycles. The van der Waals surface area contributed by atoms with Gasteiger partial charge in [-0.3, -0.25) is 9.10 Å². The summed E-state index contributed by atoms with van der Waals surface area (Å²) >= 11 is 3.29. The Bertz CT molecular complexity index is 1050. The van der Waals surface area contributed by atoms with Crippen molar-refractivity contribution in [2.24, 2.45) is 0 Å². The first-order valence-electron chi connectivity index (χ1n) is 7.97. The number of rotatable bonds is 7. The Kier molecular flexibility index (Phi) is 6.86. The molecule has 0 unspecified atom stereocenters. The number of hydrogen-bond acceptors (Lipinski definition) is 5. The van der Waals surface area contributed by atoms with Crippen LogP contribution < -0.4 is 9.62 Å². The van der Waals surface area contributed by atoms with E-state index in [2.05, 4.69) is 21.2 Å². The molecule has 0 saturated carbocycles. The molecule has 0 aliphatic rings. The van der Waals surface area contributed by atoms with Crippen LogP contribution in [0.4, 0.5) is 11.4 Å². The molecule has 0 aliphatic carbocycles. The molecule has 0 fully saturated rings. The van der Waals surface area contributed by atoms with Crippen LogP contribution in [0, 0.1) is 0 Å². The Hall–Kier alpha value is -1.95. The number of hydrogen-bond donors (Lipinski definition) is 1. The fraction of sp³-hybridized carbons (Fsp3) is 0.235. The summed E-state index contributed by atoms with van der Waals surface area (Å²) in [5.74, 6) is -0.530. The molecule has 2 aromatic rings. The maximum Gasteiger partial charge on any atom is 0.245 e. The number of nitrogens with one attached hydrogen (secondary N) is 1. The molecule has 0 aliphatic heterocycles. The summed E-state index contributed by atoms with van der Waals surface area (Å²) < 4.78 is 51.4. The monoisotopic (exact) mass is 489 g/mol. The molecular formula is C17H20BrN3O5S2. The molecule has 0 radical (unpaired) electrons. The predicted octanol–water partition coefficient (Wildman–Crippen LogP) is 2.10. The van der Waals surface area contributed by atoms with Crippen molar-refractivity contribution >= 4 is 53.3 Å². The molecule has 1 N–H and O–H groups in total. The molecule has 0 atom stereocenters. The Balaban J connectivity index is 2.24. The largest absolute Gasteiger partial charge is 0.325 e. The smallest absolute Gasteiger partial charge is 0.245 e. The van der Waals surface area contributed by atoms with Crippen LogP contribution in [0.2, 0.25) is 0 Å². The minimum atomic E-state index is -3.77.